The van der Waals surface area contributed by atoms with Crippen LogP contribution in [0.15, 0.2) is 23.4 Å². The largest absolute Gasteiger partial charge is 0.392 e. The number of nitrogens with zero attached hydrogens (tertiary/aromatic N) is 1. The van der Waals surface area contributed by atoms with Gasteiger partial charge in [-0.05, 0) is 43.2 Å². The highest BCUT2D eigenvalue weighted by molar-refractivity contribution is 7.89. The van der Waals surface area contributed by atoms with Crippen molar-refractivity contribution in [1.29, 1.82) is 0 Å². The van der Waals surface area contributed by atoms with E-state index in [0.717, 1.165) is 25.7 Å². The quantitative estimate of drug-likeness (QED) is 0.876. The third kappa shape index (κ3) is 3.75. The van der Waals surface area contributed by atoms with Crippen molar-refractivity contribution >= 4 is 10.0 Å². The van der Waals surface area contributed by atoms with Crippen LogP contribution in [0.3, 0.4) is 0 Å². The van der Waals surface area contributed by atoms with Crippen LogP contribution in [0.1, 0.15) is 38.2 Å². The van der Waals surface area contributed by atoms with Crippen LogP contribution < -0.4 is 4.72 Å². The molecule has 1 aromatic heterocycles. The second-order valence-corrected chi connectivity index (χ2v) is 6.90. The molecule has 1 saturated carbocycles. The lowest BCUT2D eigenvalue weighted by molar-refractivity contribution is 0.281. The summed E-state index contributed by atoms with van der Waals surface area (Å²) in [6.07, 6.45) is 5.27. The van der Waals surface area contributed by atoms with Gasteiger partial charge in [0, 0.05) is 12.2 Å². The molecule has 0 bridgehead atoms. The Kier molecular flexibility index (Phi) is 4.54. The molecule has 1 aromatic rings. The maximum Gasteiger partial charge on any atom is 0.258 e. The van der Waals surface area contributed by atoms with Gasteiger partial charge in [0.1, 0.15) is 0 Å². The molecule has 2 rings (SSSR count). The first kappa shape index (κ1) is 14.4. The smallest absolute Gasteiger partial charge is 0.258 e. The molecule has 0 aliphatic heterocycles. The van der Waals surface area contributed by atoms with Gasteiger partial charge in [-0.25, -0.2) is 18.1 Å². The van der Waals surface area contributed by atoms with E-state index in [1.807, 2.05) is 0 Å². The second kappa shape index (κ2) is 5.98. The van der Waals surface area contributed by atoms with E-state index in [9.17, 15) is 8.42 Å². The minimum Gasteiger partial charge on any atom is -0.392 e. The van der Waals surface area contributed by atoms with Crippen molar-refractivity contribution in [3.8, 4) is 0 Å². The molecule has 2 N–H and O–H groups in total. The molecular formula is C13H20N2O3S. The van der Waals surface area contributed by atoms with E-state index >= 15 is 0 Å². The molecule has 0 atom stereocenters. The van der Waals surface area contributed by atoms with Crippen molar-refractivity contribution in [2.24, 2.45) is 5.92 Å². The Hall–Kier alpha value is -0.980. The van der Waals surface area contributed by atoms with Crippen LogP contribution in [0.25, 0.3) is 0 Å². The lowest BCUT2D eigenvalue weighted by atomic mass is 9.88. The highest BCUT2D eigenvalue weighted by Crippen LogP contribution is 2.24. The number of aromatic nitrogens is 1. The van der Waals surface area contributed by atoms with Gasteiger partial charge in [-0.3, -0.25) is 0 Å². The molecule has 6 heteroatoms. The summed E-state index contributed by atoms with van der Waals surface area (Å²) in [6, 6.07) is 3.02. The molecule has 5 nitrogen and oxygen atoms in total. The summed E-state index contributed by atoms with van der Waals surface area (Å²) in [4.78, 5) is 3.89. The molecule has 106 valence electrons. The summed E-state index contributed by atoms with van der Waals surface area (Å²) in [5, 5.41) is 8.93. The number of hydrogen-bond donors (Lipinski definition) is 2. The summed E-state index contributed by atoms with van der Waals surface area (Å²) in [5.41, 5.74) is 0.602. The summed E-state index contributed by atoms with van der Waals surface area (Å²) in [6.45, 7) is 2.06. The van der Waals surface area contributed by atoms with Gasteiger partial charge in [-0.15, -0.1) is 0 Å². The molecule has 1 heterocycles. The molecule has 19 heavy (non-hydrogen) atoms. The van der Waals surface area contributed by atoms with Crippen molar-refractivity contribution in [3.63, 3.8) is 0 Å². The van der Waals surface area contributed by atoms with E-state index in [1.54, 1.807) is 6.07 Å². The van der Waals surface area contributed by atoms with E-state index in [-0.39, 0.29) is 17.7 Å². The number of nitrogens with one attached hydrogen (secondary N) is 1. The molecule has 0 radical (unpaired) electrons. The zero-order valence-corrected chi connectivity index (χ0v) is 11.9. The Morgan fingerprint density at radius 2 is 2.00 bits per heavy atom. The highest BCUT2D eigenvalue weighted by atomic mass is 32.2. The van der Waals surface area contributed by atoms with E-state index in [4.69, 9.17) is 5.11 Å². The molecule has 0 aromatic carbocycles. The van der Waals surface area contributed by atoms with Gasteiger partial charge in [-0.1, -0.05) is 13.0 Å². The van der Waals surface area contributed by atoms with Gasteiger partial charge in [0.25, 0.3) is 10.0 Å². The zero-order valence-electron chi connectivity index (χ0n) is 11.0. The number of rotatable bonds is 4. The highest BCUT2D eigenvalue weighted by Gasteiger charge is 2.24. The Bertz CT molecular complexity index is 505. The van der Waals surface area contributed by atoms with Crippen molar-refractivity contribution in [2.45, 2.75) is 50.3 Å². The predicted octanol–water partition coefficient (Wildman–Crippen LogP) is 1.43. The molecule has 0 spiro atoms. The van der Waals surface area contributed by atoms with Crippen LogP contribution in [0, 0.1) is 5.92 Å². The average molecular weight is 284 g/mol. The van der Waals surface area contributed by atoms with Crippen LogP contribution >= 0.6 is 0 Å². The van der Waals surface area contributed by atoms with E-state index < -0.39 is 10.0 Å². The molecule has 1 aliphatic carbocycles. The first-order valence-electron chi connectivity index (χ1n) is 6.59. The Balaban J connectivity index is 2.05. The minimum absolute atomic E-state index is 0.0144. The molecule has 0 unspecified atom stereocenters. The number of sulfonamides is 1. The predicted molar refractivity (Wildman–Crippen MR) is 71.9 cm³/mol. The molecular weight excluding hydrogens is 264 g/mol. The fraction of sp³-hybridized carbons (Fsp3) is 0.615. The fourth-order valence-corrected chi connectivity index (χ4v) is 3.56. The zero-order chi connectivity index (χ0) is 13.9. The van der Waals surface area contributed by atoms with Gasteiger partial charge in [0.05, 0.1) is 6.61 Å². The first-order chi connectivity index (χ1) is 9.01. The standard InChI is InChI=1S/C13H20N2O3S/c1-10-2-5-12(6-3-10)15-19(17,18)13-7-4-11(9-16)8-14-13/h4,7-8,10,12,15-16H,2-3,5-6,9H2,1H3. The molecule has 1 aliphatic rings. The van der Waals surface area contributed by atoms with Gasteiger partial charge < -0.3 is 5.11 Å². The number of hydrogen-bond acceptors (Lipinski definition) is 4. The van der Waals surface area contributed by atoms with Crippen LogP contribution in [-0.2, 0) is 16.6 Å². The fourth-order valence-electron chi connectivity index (χ4n) is 2.32. The van der Waals surface area contributed by atoms with Gasteiger partial charge >= 0.3 is 0 Å². The Morgan fingerprint density at radius 3 is 2.53 bits per heavy atom. The summed E-state index contributed by atoms with van der Waals surface area (Å²) < 4.78 is 27.0. The summed E-state index contributed by atoms with van der Waals surface area (Å²) in [5.74, 6) is 0.683. The number of aliphatic hydroxyl groups is 1. The molecule has 0 saturated heterocycles. The summed E-state index contributed by atoms with van der Waals surface area (Å²) in [7, 11) is -3.55. The Morgan fingerprint density at radius 1 is 1.32 bits per heavy atom. The monoisotopic (exact) mass is 284 g/mol. The van der Waals surface area contributed by atoms with Gasteiger partial charge in [0.2, 0.25) is 0 Å². The minimum atomic E-state index is -3.55. The maximum atomic E-state index is 12.1. The van der Waals surface area contributed by atoms with E-state index in [2.05, 4.69) is 16.6 Å². The van der Waals surface area contributed by atoms with Crippen LogP contribution in [0.2, 0.25) is 0 Å². The topological polar surface area (TPSA) is 79.3 Å². The first-order valence-corrected chi connectivity index (χ1v) is 8.07. The summed E-state index contributed by atoms with van der Waals surface area (Å²) >= 11 is 0. The maximum absolute atomic E-state index is 12.1. The molecule has 0 amide bonds. The van der Waals surface area contributed by atoms with Crippen LogP contribution in [0.4, 0.5) is 0 Å². The van der Waals surface area contributed by atoms with Crippen molar-refractivity contribution in [3.05, 3.63) is 23.9 Å². The normalized spacial score (nSPS) is 24.3. The Labute approximate surface area is 114 Å². The van der Waals surface area contributed by atoms with Crippen molar-refractivity contribution in [2.75, 3.05) is 0 Å². The van der Waals surface area contributed by atoms with E-state index in [1.165, 1.54) is 12.3 Å². The number of aliphatic hydroxyl groups excluding tert-OH is 1. The second-order valence-electron chi connectivity index (χ2n) is 5.24. The van der Waals surface area contributed by atoms with E-state index in [0.29, 0.717) is 11.5 Å². The lowest BCUT2D eigenvalue weighted by Crippen LogP contribution is -2.37. The lowest BCUT2D eigenvalue weighted by Gasteiger charge is -2.26. The third-order valence-electron chi connectivity index (χ3n) is 3.59. The van der Waals surface area contributed by atoms with Crippen LogP contribution in [-0.4, -0.2) is 24.6 Å². The number of pyridine rings is 1. The van der Waals surface area contributed by atoms with Gasteiger partial charge in [0.15, 0.2) is 5.03 Å². The SMILES string of the molecule is CC1CCC(NS(=O)(=O)c2ccc(CO)cn2)CC1. The van der Waals surface area contributed by atoms with Crippen molar-refractivity contribution < 1.29 is 13.5 Å². The third-order valence-corrected chi connectivity index (χ3v) is 5.03. The van der Waals surface area contributed by atoms with Crippen LogP contribution in [0.5, 0.6) is 0 Å². The molecule has 1 fully saturated rings. The van der Waals surface area contributed by atoms with Crippen molar-refractivity contribution in [1.82, 2.24) is 9.71 Å². The van der Waals surface area contributed by atoms with Gasteiger partial charge in [-0.2, -0.15) is 0 Å². The average Bonchev–Trinajstić information content (AvgIpc) is 2.41.